The van der Waals surface area contributed by atoms with E-state index in [1.165, 1.54) is 12.1 Å². The van der Waals surface area contributed by atoms with Crippen molar-refractivity contribution in [2.75, 3.05) is 19.3 Å². The van der Waals surface area contributed by atoms with Crippen LogP contribution in [0.5, 0.6) is 0 Å². The lowest BCUT2D eigenvalue weighted by Gasteiger charge is -2.32. The van der Waals surface area contributed by atoms with E-state index in [4.69, 9.17) is 0 Å². The molecule has 1 aromatic carbocycles. The van der Waals surface area contributed by atoms with Gasteiger partial charge in [0.15, 0.2) is 0 Å². The molecule has 1 aliphatic heterocycles. The molecule has 6 nitrogen and oxygen atoms in total. The fraction of sp³-hybridized carbons (Fsp3) is 0.500. The minimum atomic E-state index is -4.01. The molecule has 1 unspecified atom stereocenters. The summed E-state index contributed by atoms with van der Waals surface area (Å²) in [7, 11) is -7.44. The summed E-state index contributed by atoms with van der Waals surface area (Å²) in [5.74, 6) is -0.832. The minimum absolute atomic E-state index is 0.0125. The smallest absolute Gasteiger partial charge is 0.213 e. The molecule has 1 atom stereocenters. The Morgan fingerprint density at radius 2 is 2.00 bits per heavy atom. The van der Waals surface area contributed by atoms with Crippen LogP contribution in [0.25, 0.3) is 0 Å². The summed E-state index contributed by atoms with van der Waals surface area (Å²) in [4.78, 5) is -0.415. The highest BCUT2D eigenvalue weighted by atomic mass is 79.9. The molecule has 22 heavy (non-hydrogen) atoms. The van der Waals surface area contributed by atoms with Gasteiger partial charge in [-0.15, -0.1) is 0 Å². The highest BCUT2D eigenvalue weighted by molar-refractivity contribution is 9.10. The van der Waals surface area contributed by atoms with E-state index in [1.54, 1.807) is 0 Å². The molecule has 1 aliphatic rings. The number of sulfonamides is 2. The van der Waals surface area contributed by atoms with Crippen molar-refractivity contribution in [1.82, 2.24) is 9.03 Å². The third kappa shape index (κ3) is 4.25. The predicted molar refractivity (Wildman–Crippen MR) is 83.9 cm³/mol. The molecule has 0 saturated carbocycles. The van der Waals surface area contributed by atoms with Gasteiger partial charge in [-0.3, -0.25) is 0 Å². The number of hydrogen-bond acceptors (Lipinski definition) is 4. The van der Waals surface area contributed by atoms with Crippen LogP contribution in [-0.4, -0.2) is 46.5 Å². The Kier molecular flexibility index (Phi) is 5.27. The third-order valence-corrected chi connectivity index (χ3v) is 6.41. The first-order valence-corrected chi connectivity index (χ1v) is 10.6. The van der Waals surface area contributed by atoms with Gasteiger partial charge < -0.3 is 0 Å². The van der Waals surface area contributed by atoms with E-state index < -0.39 is 36.8 Å². The standard InChI is InChI=1S/C12H16BrFN2O4S2/c1-21(17,18)15-10-3-2-6-16(8-10)22(19,20)12-7-9(13)4-5-11(12)14/h4-5,7,10,15H,2-3,6,8H2,1H3. The van der Waals surface area contributed by atoms with Gasteiger partial charge in [0.1, 0.15) is 10.7 Å². The first kappa shape index (κ1) is 17.8. The summed E-state index contributed by atoms with van der Waals surface area (Å²) >= 11 is 3.12. The lowest BCUT2D eigenvalue weighted by atomic mass is 10.1. The average Bonchev–Trinajstić information content (AvgIpc) is 2.40. The number of nitrogens with zero attached hydrogens (tertiary/aromatic N) is 1. The number of rotatable bonds is 4. The molecule has 1 saturated heterocycles. The number of piperidine rings is 1. The molecule has 1 fully saturated rings. The minimum Gasteiger partial charge on any atom is -0.213 e. The van der Waals surface area contributed by atoms with Crippen molar-refractivity contribution in [2.24, 2.45) is 0 Å². The maximum absolute atomic E-state index is 13.9. The van der Waals surface area contributed by atoms with E-state index >= 15 is 0 Å². The molecule has 0 aliphatic carbocycles. The molecular formula is C12H16BrFN2O4S2. The predicted octanol–water partition coefficient (Wildman–Crippen LogP) is 1.29. The number of nitrogens with one attached hydrogen (secondary N) is 1. The Bertz CT molecular complexity index is 767. The zero-order chi connectivity index (χ0) is 16.5. The van der Waals surface area contributed by atoms with E-state index in [-0.39, 0.29) is 13.1 Å². The highest BCUT2D eigenvalue weighted by Crippen LogP contribution is 2.25. The molecule has 1 heterocycles. The molecule has 124 valence electrons. The summed E-state index contributed by atoms with van der Waals surface area (Å²) in [5, 5.41) is 0. The van der Waals surface area contributed by atoms with Crippen LogP contribution in [-0.2, 0) is 20.0 Å². The second-order valence-electron chi connectivity index (χ2n) is 5.17. The average molecular weight is 415 g/mol. The first-order chi connectivity index (χ1) is 10.1. The fourth-order valence-corrected chi connectivity index (χ4v) is 5.30. The van der Waals surface area contributed by atoms with E-state index in [9.17, 15) is 21.2 Å². The number of halogens is 2. The third-order valence-electron chi connectivity index (χ3n) is 3.28. The first-order valence-electron chi connectivity index (χ1n) is 6.52. The van der Waals surface area contributed by atoms with Crippen molar-refractivity contribution >= 4 is 36.0 Å². The molecule has 1 aromatic rings. The van der Waals surface area contributed by atoms with Crippen LogP contribution >= 0.6 is 15.9 Å². The molecular weight excluding hydrogens is 399 g/mol. The van der Waals surface area contributed by atoms with Crippen LogP contribution < -0.4 is 4.72 Å². The highest BCUT2D eigenvalue weighted by Gasteiger charge is 2.33. The quantitative estimate of drug-likeness (QED) is 0.804. The van der Waals surface area contributed by atoms with Gasteiger partial charge in [0.25, 0.3) is 0 Å². The van der Waals surface area contributed by atoms with Gasteiger partial charge >= 0.3 is 0 Å². The largest absolute Gasteiger partial charge is 0.246 e. The van der Waals surface area contributed by atoms with Gasteiger partial charge in [-0.2, -0.15) is 4.31 Å². The van der Waals surface area contributed by atoms with Gasteiger partial charge in [-0.1, -0.05) is 15.9 Å². The Hall–Kier alpha value is -0.550. The lowest BCUT2D eigenvalue weighted by molar-refractivity contribution is 0.302. The monoisotopic (exact) mass is 414 g/mol. The van der Waals surface area contributed by atoms with E-state index in [0.717, 1.165) is 16.6 Å². The van der Waals surface area contributed by atoms with Crippen molar-refractivity contribution in [1.29, 1.82) is 0 Å². The van der Waals surface area contributed by atoms with Crippen molar-refractivity contribution in [3.05, 3.63) is 28.5 Å². The summed E-state index contributed by atoms with van der Waals surface area (Å²) < 4.78 is 65.5. The van der Waals surface area contributed by atoms with Gasteiger partial charge in [0, 0.05) is 23.6 Å². The summed E-state index contributed by atoms with van der Waals surface area (Å²) in [5.41, 5.74) is 0. The molecule has 10 heteroatoms. The Morgan fingerprint density at radius 3 is 2.64 bits per heavy atom. The zero-order valence-electron chi connectivity index (χ0n) is 11.8. The Labute approximate surface area is 137 Å². The number of benzene rings is 1. The number of hydrogen-bond donors (Lipinski definition) is 1. The van der Waals surface area contributed by atoms with Crippen LogP contribution in [0.15, 0.2) is 27.6 Å². The molecule has 0 amide bonds. The van der Waals surface area contributed by atoms with Gasteiger partial charge in [0.2, 0.25) is 20.0 Å². The van der Waals surface area contributed by atoms with Gasteiger partial charge in [-0.05, 0) is 31.0 Å². The summed E-state index contributed by atoms with van der Waals surface area (Å²) in [6.07, 6.45) is 2.07. The second kappa shape index (κ2) is 6.52. The van der Waals surface area contributed by atoms with E-state index in [2.05, 4.69) is 20.7 Å². The van der Waals surface area contributed by atoms with Crippen LogP contribution in [0.4, 0.5) is 4.39 Å². The van der Waals surface area contributed by atoms with Crippen molar-refractivity contribution in [3.63, 3.8) is 0 Å². The SMILES string of the molecule is CS(=O)(=O)NC1CCCN(S(=O)(=O)c2cc(Br)ccc2F)C1. The van der Waals surface area contributed by atoms with Crippen molar-refractivity contribution in [3.8, 4) is 0 Å². The summed E-state index contributed by atoms with van der Waals surface area (Å²) in [6, 6.07) is 3.19. The zero-order valence-corrected chi connectivity index (χ0v) is 15.0. The molecule has 1 N–H and O–H groups in total. The maximum atomic E-state index is 13.9. The molecule has 0 bridgehead atoms. The lowest BCUT2D eigenvalue weighted by Crippen LogP contribution is -2.49. The van der Waals surface area contributed by atoms with E-state index in [0.29, 0.717) is 17.3 Å². The van der Waals surface area contributed by atoms with Crippen LogP contribution in [0.3, 0.4) is 0 Å². The summed E-state index contributed by atoms with van der Waals surface area (Å²) in [6.45, 7) is 0.220. The normalized spacial score (nSPS) is 21.0. The van der Waals surface area contributed by atoms with E-state index in [1.807, 2.05) is 0 Å². The molecule has 0 radical (unpaired) electrons. The van der Waals surface area contributed by atoms with Gasteiger partial charge in [-0.25, -0.2) is 25.9 Å². The maximum Gasteiger partial charge on any atom is 0.246 e. The van der Waals surface area contributed by atoms with Crippen LogP contribution in [0.1, 0.15) is 12.8 Å². The molecule has 0 aromatic heterocycles. The van der Waals surface area contributed by atoms with Crippen molar-refractivity contribution < 1.29 is 21.2 Å². The Morgan fingerprint density at radius 1 is 1.32 bits per heavy atom. The van der Waals surface area contributed by atoms with Crippen molar-refractivity contribution in [2.45, 2.75) is 23.8 Å². The topological polar surface area (TPSA) is 83.6 Å². The van der Waals surface area contributed by atoms with Gasteiger partial charge in [0.05, 0.1) is 6.26 Å². The van der Waals surface area contributed by atoms with Crippen LogP contribution in [0, 0.1) is 5.82 Å². The van der Waals surface area contributed by atoms with Crippen LogP contribution in [0.2, 0.25) is 0 Å². The molecule has 0 spiro atoms. The Balaban J connectivity index is 2.27. The molecule has 2 rings (SSSR count). The fourth-order valence-electron chi connectivity index (χ4n) is 2.37. The second-order valence-corrected chi connectivity index (χ2v) is 9.77.